The van der Waals surface area contributed by atoms with Gasteiger partial charge in [0.2, 0.25) is 15.9 Å². The average Bonchev–Trinajstić information content (AvgIpc) is 3.57. The summed E-state index contributed by atoms with van der Waals surface area (Å²) in [5, 5.41) is 2.69. The molecule has 0 unspecified atom stereocenters. The Hall–Kier alpha value is -3.68. The molecule has 200 valence electrons. The van der Waals surface area contributed by atoms with Crippen LogP contribution in [0.1, 0.15) is 10.6 Å². The van der Waals surface area contributed by atoms with Crippen molar-refractivity contribution in [3.05, 3.63) is 70.0 Å². The van der Waals surface area contributed by atoms with E-state index < -0.39 is 21.5 Å². The van der Waals surface area contributed by atoms with Crippen molar-refractivity contribution in [1.29, 1.82) is 0 Å². The molecule has 0 aliphatic carbocycles. The standard InChI is InChI=1S/C25H27N5O6S2/c1-17-23(38(33,34)30-11-9-28(10-12-30)19-7-3-4-8-20(19)35-2)22-24(37-17)27-16-29(25(22)32)15-21(31)26-14-18-6-5-13-36-18/h3-8,13,16H,9-12,14-15H2,1-2H3,(H,26,31). The largest absolute Gasteiger partial charge is 0.495 e. The maximum Gasteiger partial charge on any atom is 0.263 e. The second-order valence-electron chi connectivity index (χ2n) is 8.76. The molecule has 0 radical (unpaired) electrons. The Labute approximate surface area is 223 Å². The van der Waals surface area contributed by atoms with E-state index in [0.717, 1.165) is 27.3 Å². The first kappa shape index (κ1) is 25.9. The number of aryl methyl sites for hydroxylation is 1. The number of carbonyl (C=O) groups is 1. The quantitative estimate of drug-likeness (QED) is 0.349. The van der Waals surface area contributed by atoms with E-state index in [0.29, 0.717) is 28.6 Å². The van der Waals surface area contributed by atoms with Crippen molar-refractivity contribution >= 4 is 43.2 Å². The van der Waals surface area contributed by atoms with Gasteiger partial charge in [-0.2, -0.15) is 4.31 Å². The molecule has 1 amide bonds. The minimum atomic E-state index is -3.99. The number of nitrogens with one attached hydrogen (secondary N) is 1. The highest BCUT2D eigenvalue weighted by atomic mass is 32.2. The van der Waals surface area contributed by atoms with Crippen molar-refractivity contribution in [3.63, 3.8) is 0 Å². The van der Waals surface area contributed by atoms with Crippen molar-refractivity contribution in [2.24, 2.45) is 0 Å². The zero-order chi connectivity index (χ0) is 26.9. The zero-order valence-corrected chi connectivity index (χ0v) is 22.5. The van der Waals surface area contributed by atoms with Crippen molar-refractivity contribution in [2.45, 2.75) is 24.9 Å². The van der Waals surface area contributed by atoms with E-state index in [-0.39, 0.29) is 36.5 Å². The topological polar surface area (TPSA) is 127 Å². The van der Waals surface area contributed by atoms with Gasteiger partial charge in [0.05, 0.1) is 37.3 Å². The summed E-state index contributed by atoms with van der Waals surface area (Å²) in [4.78, 5) is 33.0. The molecule has 13 heteroatoms. The molecule has 0 spiro atoms. The van der Waals surface area contributed by atoms with Crippen LogP contribution in [0.3, 0.4) is 0 Å². The van der Waals surface area contributed by atoms with Crippen LogP contribution >= 0.6 is 11.3 Å². The number of benzene rings is 1. The summed E-state index contributed by atoms with van der Waals surface area (Å²) in [5.41, 5.74) is 0.334. The molecule has 4 aromatic rings. The number of thiophene rings is 1. The molecule has 3 aromatic heterocycles. The number of ether oxygens (including phenoxy) is 1. The Morgan fingerprint density at radius 2 is 1.92 bits per heavy atom. The SMILES string of the molecule is COc1ccccc1N1CCN(S(=O)(=O)c2c(C)sc3ncn(CC(=O)NCc4ccco4)c(=O)c23)CC1. The Morgan fingerprint density at radius 3 is 2.63 bits per heavy atom. The molecule has 1 fully saturated rings. The fourth-order valence-electron chi connectivity index (χ4n) is 4.54. The summed E-state index contributed by atoms with van der Waals surface area (Å²) in [6.45, 7) is 2.99. The Morgan fingerprint density at radius 1 is 1.16 bits per heavy atom. The molecular formula is C25H27N5O6S2. The second kappa shape index (κ2) is 10.6. The van der Waals surface area contributed by atoms with Crippen molar-refractivity contribution in [2.75, 3.05) is 38.2 Å². The van der Waals surface area contributed by atoms with Crippen LogP contribution in [0.2, 0.25) is 0 Å². The third-order valence-corrected chi connectivity index (χ3v) is 9.63. The maximum absolute atomic E-state index is 13.8. The van der Waals surface area contributed by atoms with Crippen LogP contribution in [0.25, 0.3) is 10.2 Å². The maximum atomic E-state index is 13.8. The van der Waals surface area contributed by atoms with Gasteiger partial charge in [-0.3, -0.25) is 14.2 Å². The van der Waals surface area contributed by atoms with E-state index in [1.54, 1.807) is 26.2 Å². The lowest BCUT2D eigenvalue weighted by Crippen LogP contribution is -2.49. The molecular weight excluding hydrogens is 530 g/mol. The van der Waals surface area contributed by atoms with E-state index in [9.17, 15) is 18.0 Å². The predicted molar refractivity (Wildman–Crippen MR) is 143 cm³/mol. The van der Waals surface area contributed by atoms with Crippen molar-refractivity contribution in [1.82, 2.24) is 19.2 Å². The van der Waals surface area contributed by atoms with E-state index in [1.807, 2.05) is 24.3 Å². The number of anilines is 1. The minimum Gasteiger partial charge on any atom is -0.495 e. The van der Waals surface area contributed by atoms with Gasteiger partial charge in [0.15, 0.2) is 0 Å². The average molecular weight is 558 g/mol. The van der Waals surface area contributed by atoms with Gasteiger partial charge in [-0.1, -0.05) is 12.1 Å². The van der Waals surface area contributed by atoms with Gasteiger partial charge < -0.3 is 19.4 Å². The molecule has 1 aromatic carbocycles. The van der Waals surface area contributed by atoms with Crippen molar-refractivity contribution < 1.29 is 22.4 Å². The summed E-state index contributed by atoms with van der Waals surface area (Å²) >= 11 is 1.15. The number of aromatic nitrogens is 2. The number of para-hydroxylation sites is 2. The molecule has 1 aliphatic heterocycles. The lowest BCUT2D eigenvalue weighted by Gasteiger charge is -2.35. The first-order chi connectivity index (χ1) is 18.3. The minimum absolute atomic E-state index is 0.0148. The van der Waals surface area contributed by atoms with Crippen LogP contribution in [0.15, 0.2) is 63.1 Å². The van der Waals surface area contributed by atoms with Crippen LogP contribution < -0.4 is 20.5 Å². The molecule has 1 aliphatic rings. The number of nitrogens with zero attached hydrogens (tertiary/aromatic N) is 4. The van der Waals surface area contributed by atoms with Crippen LogP contribution in [0, 0.1) is 6.92 Å². The van der Waals surface area contributed by atoms with Crippen LogP contribution in [-0.4, -0.2) is 61.5 Å². The number of rotatable bonds is 8. The lowest BCUT2D eigenvalue weighted by molar-refractivity contribution is -0.122. The Bertz CT molecular complexity index is 1620. The number of hydrogen-bond acceptors (Lipinski definition) is 9. The number of hydrogen-bond donors (Lipinski definition) is 1. The normalized spacial score (nSPS) is 14.6. The molecule has 5 rings (SSSR count). The third-order valence-electron chi connectivity index (χ3n) is 6.42. The molecule has 1 saturated heterocycles. The number of piperazine rings is 1. The summed E-state index contributed by atoms with van der Waals surface area (Å²) in [6, 6.07) is 11.0. The number of carbonyl (C=O) groups excluding carboxylic acids is 1. The molecule has 38 heavy (non-hydrogen) atoms. The molecule has 11 nitrogen and oxygen atoms in total. The van der Waals surface area contributed by atoms with Gasteiger partial charge in [0, 0.05) is 31.1 Å². The van der Waals surface area contributed by atoms with Crippen LogP contribution in [-0.2, 0) is 27.9 Å². The van der Waals surface area contributed by atoms with E-state index in [1.165, 1.54) is 16.9 Å². The summed E-state index contributed by atoms with van der Waals surface area (Å²) in [6.07, 6.45) is 2.78. The Balaban J connectivity index is 1.38. The third kappa shape index (κ3) is 4.91. The van der Waals surface area contributed by atoms with Gasteiger partial charge >= 0.3 is 0 Å². The fourth-order valence-corrected chi connectivity index (χ4v) is 7.62. The number of fused-ring (bicyclic) bond motifs is 1. The molecule has 0 saturated carbocycles. The zero-order valence-electron chi connectivity index (χ0n) is 20.9. The molecule has 4 heterocycles. The lowest BCUT2D eigenvalue weighted by atomic mass is 10.2. The number of sulfonamides is 1. The van der Waals surface area contributed by atoms with Crippen molar-refractivity contribution in [3.8, 4) is 5.75 Å². The van der Waals surface area contributed by atoms with Gasteiger partial charge in [0.1, 0.15) is 27.8 Å². The van der Waals surface area contributed by atoms with Crippen LogP contribution in [0.4, 0.5) is 5.69 Å². The summed E-state index contributed by atoms with van der Waals surface area (Å²) in [7, 11) is -2.38. The second-order valence-corrected chi connectivity index (χ2v) is 11.8. The Kier molecular flexibility index (Phi) is 7.23. The van der Waals surface area contributed by atoms with E-state index in [4.69, 9.17) is 9.15 Å². The summed E-state index contributed by atoms with van der Waals surface area (Å²) < 4.78 is 40.8. The van der Waals surface area contributed by atoms with E-state index >= 15 is 0 Å². The molecule has 0 atom stereocenters. The molecule has 1 N–H and O–H groups in total. The van der Waals surface area contributed by atoms with Gasteiger partial charge in [-0.25, -0.2) is 13.4 Å². The number of amides is 1. The first-order valence-corrected chi connectivity index (χ1v) is 14.2. The van der Waals surface area contributed by atoms with Crippen LogP contribution in [0.5, 0.6) is 5.75 Å². The van der Waals surface area contributed by atoms with Gasteiger partial charge in [-0.15, -0.1) is 11.3 Å². The van der Waals surface area contributed by atoms with Gasteiger partial charge in [-0.05, 0) is 31.2 Å². The summed E-state index contributed by atoms with van der Waals surface area (Å²) in [5.74, 6) is 0.878. The molecule has 0 bridgehead atoms. The monoisotopic (exact) mass is 557 g/mol. The highest BCUT2D eigenvalue weighted by Crippen LogP contribution is 2.34. The fraction of sp³-hybridized carbons (Fsp3) is 0.320. The van der Waals surface area contributed by atoms with Gasteiger partial charge in [0.25, 0.3) is 5.56 Å². The van der Waals surface area contributed by atoms with E-state index in [2.05, 4.69) is 15.2 Å². The smallest absolute Gasteiger partial charge is 0.263 e. The number of methoxy groups -OCH3 is 1. The predicted octanol–water partition coefficient (Wildman–Crippen LogP) is 2.20. The number of furan rings is 1. The highest BCUT2D eigenvalue weighted by Gasteiger charge is 2.34. The highest BCUT2D eigenvalue weighted by molar-refractivity contribution is 7.89. The first-order valence-electron chi connectivity index (χ1n) is 12.0.